The lowest BCUT2D eigenvalue weighted by molar-refractivity contribution is 0.253. The zero-order valence-corrected chi connectivity index (χ0v) is 14.1. The maximum Gasteiger partial charge on any atom is 0.162 e. The normalized spacial score (nSPS) is 18.5. The first-order valence-electron chi connectivity index (χ1n) is 7.93. The van der Waals surface area contributed by atoms with Crippen LogP contribution in [-0.4, -0.2) is 5.16 Å². The van der Waals surface area contributed by atoms with Crippen LogP contribution in [0, 0.1) is 11.8 Å². The van der Waals surface area contributed by atoms with Crippen LogP contribution >= 0.6 is 8.46 Å². The molecule has 0 aromatic rings. The Morgan fingerprint density at radius 3 is 1.78 bits per heavy atom. The van der Waals surface area contributed by atoms with Gasteiger partial charge in [-0.05, 0) is 18.3 Å². The Morgan fingerprint density at radius 2 is 1.39 bits per heavy atom. The quantitative estimate of drug-likeness (QED) is 0.311. The van der Waals surface area contributed by atoms with Crippen LogP contribution in [0.5, 0.6) is 0 Å². The minimum absolute atomic E-state index is 0.0235. The molecule has 0 aliphatic heterocycles. The van der Waals surface area contributed by atoms with Gasteiger partial charge < -0.3 is 0 Å². The van der Waals surface area contributed by atoms with Crippen molar-refractivity contribution in [2.24, 2.45) is 11.8 Å². The molecule has 0 spiro atoms. The van der Waals surface area contributed by atoms with Crippen molar-refractivity contribution in [3.05, 3.63) is 0 Å². The largest absolute Gasteiger partial charge is 0.274 e. The van der Waals surface area contributed by atoms with Gasteiger partial charge in [0.05, 0.1) is 5.16 Å². The molecule has 0 bridgehead atoms. The molecule has 2 atom stereocenters. The zero-order chi connectivity index (χ0) is 14.0. The molecular weight excluding hydrogens is 239 g/mol. The molecule has 1 nitrogen and oxygen atoms in total. The van der Waals surface area contributed by atoms with E-state index in [1.807, 2.05) is 0 Å². The highest BCUT2D eigenvalue weighted by molar-refractivity contribution is 7.26. The van der Waals surface area contributed by atoms with Crippen LogP contribution in [0.25, 0.3) is 0 Å². The minimum atomic E-state index is 0.0235. The second kappa shape index (κ2) is 9.96. The second-order valence-electron chi connectivity index (χ2n) is 5.87. The summed E-state index contributed by atoms with van der Waals surface area (Å²) in [5.74, 6) is 1.11. The third-order valence-electron chi connectivity index (χ3n) is 4.78. The standard InChI is InChI=1S/C16H33OP/c1-6-9-10-11-12-13-16(18-17,14(4)7-2)15(5)8-3/h14-15H,6-13H2,1-5H3. The molecule has 0 aliphatic rings. The van der Waals surface area contributed by atoms with Crippen molar-refractivity contribution in [3.63, 3.8) is 0 Å². The minimum Gasteiger partial charge on any atom is -0.274 e. The summed E-state index contributed by atoms with van der Waals surface area (Å²) in [4.78, 5) is 0. The van der Waals surface area contributed by atoms with E-state index in [0.29, 0.717) is 20.3 Å². The van der Waals surface area contributed by atoms with Gasteiger partial charge in [-0.25, -0.2) is 0 Å². The molecule has 108 valence electrons. The second-order valence-corrected chi connectivity index (χ2v) is 6.88. The fourth-order valence-corrected chi connectivity index (χ4v) is 3.90. The maximum atomic E-state index is 11.8. The fraction of sp³-hybridized carbons (Fsp3) is 1.00. The van der Waals surface area contributed by atoms with Crippen LogP contribution < -0.4 is 0 Å². The van der Waals surface area contributed by atoms with Gasteiger partial charge in [0.15, 0.2) is 8.46 Å². The molecule has 0 aromatic heterocycles. The number of hydrogen-bond acceptors (Lipinski definition) is 1. The molecule has 0 N–H and O–H groups in total. The Balaban J connectivity index is 4.50. The summed E-state index contributed by atoms with van der Waals surface area (Å²) >= 11 is 0. The van der Waals surface area contributed by atoms with Crippen molar-refractivity contribution in [2.75, 3.05) is 0 Å². The first-order valence-corrected chi connectivity index (χ1v) is 8.74. The van der Waals surface area contributed by atoms with Gasteiger partial charge >= 0.3 is 0 Å². The van der Waals surface area contributed by atoms with E-state index in [9.17, 15) is 4.57 Å². The van der Waals surface area contributed by atoms with Crippen molar-refractivity contribution >= 4 is 8.46 Å². The lowest BCUT2D eigenvalue weighted by atomic mass is 9.76. The topological polar surface area (TPSA) is 17.1 Å². The summed E-state index contributed by atoms with van der Waals surface area (Å²) < 4.78 is 11.8. The van der Waals surface area contributed by atoms with Crippen molar-refractivity contribution in [1.29, 1.82) is 0 Å². The summed E-state index contributed by atoms with van der Waals surface area (Å²) in [6.07, 6.45) is 9.91. The Labute approximate surface area is 116 Å². The summed E-state index contributed by atoms with van der Waals surface area (Å²) in [6, 6.07) is 0. The third kappa shape index (κ3) is 5.00. The van der Waals surface area contributed by atoms with E-state index in [0.717, 1.165) is 19.3 Å². The molecule has 0 amide bonds. The van der Waals surface area contributed by atoms with Crippen LogP contribution in [0.1, 0.15) is 86.0 Å². The lowest BCUT2D eigenvalue weighted by Gasteiger charge is -2.38. The van der Waals surface area contributed by atoms with E-state index in [1.54, 1.807) is 0 Å². The highest BCUT2D eigenvalue weighted by Gasteiger charge is 2.40. The molecule has 0 heterocycles. The lowest BCUT2D eigenvalue weighted by Crippen LogP contribution is -2.37. The number of hydrogen-bond donors (Lipinski definition) is 0. The van der Waals surface area contributed by atoms with E-state index in [-0.39, 0.29) is 5.16 Å². The molecule has 0 rings (SSSR count). The van der Waals surface area contributed by atoms with Gasteiger partial charge in [0.1, 0.15) is 0 Å². The van der Waals surface area contributed by atoms with Gasteiger partial charge in [-0.3, -0.25) is 4.57 Å². The van der Waals surface area contributed by atoms with Crippen LogP contribution in [0.2, 0.25) is 0 Å². The van der Waals surface area contributed by atoms with Crippen molar-refractivity contribution in [3.8, 4) is 0 Å². The molecular formula is C16H33OP. The molecule has 2 heteroatoms. The molecule has 0 aromatic carbocycles. The smallest absolute Gasteiger partial charge is 0.162 e. The fourth-order valence-electron chi connectivity index (χ4n) is 2.92. The summed E-state index contributed by atoms with van der Waals surface area (Å²) in [6.45, 7) is 11.3. The predicted molar refractivity (Wildman–Crippen MR) is 82.6 cm³/mol. The summed E-state index contributed by atoms with van der Waals surface area (Å²) in [5.41, 5.74) is 0. The van der Waals surface area contributed by atoms with Gasteiger partial charge in [-0.15, -0.1) is 0 Å². The highest BCUT2D eigenvalue weighted by Crippen LogP contribution is 2.46. The van der Waals surface area contributed by atoms with Gasteiger partial charge in [-0.2, -0.15) is 0 Å². The summed E-state index contributed by atoms with van der Waals surface area (Å²) in [7, 11) is 0.376. The van der Waals surface area contributed by atoms with Gasteiger partial charge in [-0.1, -0.05) is 79.6 Å². The first-order chi connectivity index (χ1) is 8.58. The Hall–Kier alpha value is 0.100. The first kappa shape index (κ1) is 18.1. The van der Waals surface area contributed by atoms with Gasteiger partial charge in [0.2, 0.25) is 0 Å². The predicted octanol–water partition coefficient (Wildman–Crippen LogP) is 6.47. The average molecular weight is 272 g/mol. The van der Waals surface area contributed by atoms with Crippen LogP contribution in [-0.2, 0) is 4.57 Å². The van der Waals surface area contributed by atoms with E-state index < -0.39 is 0 Å². The van der Waals surface area contributed by atoms with Crippen molar-refractivity contribution < 1.29 is 4.57 Å². The highest BCUT2D eigenvalue weighted by atomic mass is 31.1. The molecule has 0 fully saturated rings. The maximum absolute atomic E-state index is 11.8. The van der Waals surface area contributed by atoms with Crippen molar-refractivity contribution in [1.82, 2.24) is 0 Å². The monoisotopic (exact) mass is 272 g/mol. The van der Waals surface area contributed by atoms with Crippen LogP contribution in [0.4, 0.5) is 0 Å². The molecule has 2 unspecified atom stereocenters. The Bertz CT molecular complexity index is 205. The molecule has 0 radical (unpaired) electrons. The molecule has 0 aliphatic carbocycles. The summed E-state index contributed by atoms with van der Waals surface area (Å²) in [5, 5.41) is 0.0235. The zero-order valence-electron chi connectivity index (χ0n) is 13.2. The molecule has 0 saturated carbocycles. The van der Waals surface area contributed by atoms with E-state index in [2.05, 4.69) is 34.6 Å². The average Bonchev–Trinajstić information content (AvgIpc) is 2.41. The van der Waals surface area contributed by atoms with Gasteiger partial charge in [0, 0.05) is 0 Å². The van der Waals surface area contributed by atoms with Crippen LogP contribution in [0.15, 0.2) is 0 Å². The molecule has 0 saturated heterocycles. The Kier molecular flexibility index (Phi) is 10.0. The van der Waals surface area contributed by atoms with E-state index in [4.69, 9.17) is 0 Å². The number of rotatable bonds is 11. The number of unbranched alkanes of at least 4 members (excludes halogenated alkanes) is 4. The van der Waals surface area contributed by atoms with Crippen molar-refractivity contribution in [2.45, 2.75) is 91.1 Å². The third-order valence-corrected chi connectivity index (χ3v) is 6.23. The Morgan fingerprint density at radius 1 is 0.889 bits per heavy atom. The van der Waals surface area contributed by atoms with E-state index >= 15 is 0 Å². The molecule has 18 heavy (non-hydrogen) atoms. The van der Waals surface area contributed by atoms with E-state index in [1.165, 1.54) is 32.1 Å². The SMILES string of the molecule is CCCCCCCC(P=O)(C(C)CC)C(C)CC. The van der Waals surface area contributed by atoms with Gasteiger partial charge in [0.25, 0.3) is 0 Å². The van der Waals surface area contributed by atoms with Crippen LogP contribution in [0.3, 0.4) is 0 Å².